The number of anilines is 1. The third-order valence-electron chi connectivity index (χ3n) is 8.70. The number of H-pyrrole nitrogens is 1. The zero-order valence-corrected chi connectivity index (χ0v) is 28.1. The lowest BCUT2D eigenvalue weighted by atomic mass is 9.86. The first-order valence-corrected chi connectivity index (χ1v) is 16.4. The summed E-state index contributed by atoms with van der Waals surface area (Å²) >= 11 is 0. The van der Waals surface area contributed by atoms with E-state index in [1.54, 1.807) is 38.1 Å². The summed E-state index contributed by atoms with van der Waals surface area (Å²) in [5.74, 6) is -0.650. The maximum absolute atomic E-state index is 13.8. The van der Waals surface area contributed by atoms with E-state index in [1.807, 2.05) is 24.0 Å². The lowest BCUT2D eigenvalue weighted by Crippen LogP contribution is -2.54. The van der Waals surface area contributed by atoms with E-state index in [9.17, 15) is 27.6 Å². The van der Waals surface area contributed by atoms with Crippen molar-refractivity contribution in [2.24, 2.45) is 0 Å². The number of amides is 2. The van der Waals surface area contributed by atoms with Crippen LogP contribution in [0.3, 0.4) is 0 Å². The van der Waals surface area contributed by atoms with Gasteiger partial charge in [-0.3, -0.25) is 25.1 Å². The van der Waals surface area contributed by atoms with E-state index in [0.717, 1.165) is 35.2 Å². The number of nitrogens with zero attached hydrogens (tertiary/aromatic N) is 2. The Morgan fingerprint density at radius 3 is 2.28 bits per heavy atom. The minimum absolute atomic E-state index is 0.0438. The number of fused-ring (bicyclic) bond motifs is 1. The number of benzene rings is 3. The third-order valence-corrected chi connectivity index (χ3v) is 8.70. The van der Waals surface area contributed by atoms with Crippen LogP contribution in [0, 0.1) is 12.3 Å². The van der Waals surface area contributed by atoms with E-state index in [2.05, 4.69) is 20.9 Å². The largest absolute Gasteiger partial charge is 0.465 e. The van der Waals surface area contributed by atoms with Crippen molar-refractivity contribution in [3.05, 3.63) is 94.3 Å². The molecule has 2 amide bonds. The molecule has 0 spiro atoms. The molecule has 3 aromatic carbocycles. The molecule has 1 saturated heterocycles. The van der Waals surface area contributed by atoms with Crippen LogP contribution in [0.25, 0.3) is 11.0 Å². The highest BCUT2D eigenvalue weighted by Crippen LogP contribution is 2.32. The smallest absolute Gasteiger partial charge is 0.393 e. The zero-order chi connectivity index (χ0) is 36.1. The molecule has 0 radical (unpaired) electrons. The monoisotopic (exact) mass is 691 g/mol. The van der Waals surface area contributed by atoms with E-state index in [-0.39, 0.29) is 36.0 Å². The number of aromatic amines is 1. The van der Waals surface area contributed by atoms with Gasteiger partial charge < -0.3 is 25.3 Å². The zero-order valence-electron chi connectivity index (χ0n) is 28.1. The van der Waals surface area contributed by atoms with Gasteiger partial charge in [0.05, 0.1) is 37.2 Å². The number of esters is 1. The Labute approximate surface area is 287 Å². The number of hydrogen-bond donors (Lipinski definition) is 5. The Hall–Kier alpha value is -5.24. The number of carbonyl (C=O) groups excluding carboxylic acids is 3. The molecule has 0 aliphatic carbocycles. The second kappa shape index (κ2) is 15.1. The molecule has 264 valence electrons. The number of nitrogens with one attached hydrogen (secondary N) is 5. The fourth-order valence-corrected chi connectivity index (χ4v) is 6.08. The lowest BCUT2D eigenvalue weighted by molar-refractivity contribution is -0.143. The summed E-state index contributed by atoms with van der Waals surface area (Å²) in [5, 5.41) is 17.2. The molecule has 50 heavy (non-hydrogen) atoms. The van der Waals surface area contributed by atoms with Crippen molar-refractivity contribution < 1.29 is 32.3 Å². The predicted molar refractivity (Wildman–Crippen MR) is 183 cm³/mol. The SMILES string of the molecule is CCOC(=O)CN[C@@](C)(C(=O)N1CCCC1)c1ccc2[nH]c(CNc3ccc(C(=N)NC(=O)c4ccc(CC(F)(F)F)cc4)cc3)nc2c1C. The van der Waals surface area contributed by atoms with E-state index < -0.39 is 30.0 Å². The van der Waals surface area contributed by atoms with Crippen molar-refractivity contribution in [3.8, 4) is 0 Å². The van der Waals surface area contributed by atoms with Gasteiger partial charge >= 0.3 is 12.1 Å². The van der Waals surface area contributed by atoms with Gasteiger partial charge in [-0.2, -0.15) is 13.2 Å². The molecule has 0 saturated carbocycles. The van der Waals surface area contributed by atoms with Crippen LogP contribution in [-0.2, 0) is 32.8 Å². The van der Waals surface area contributed by atoms with Gasteiger partial charge in [-0.1, -0.05) is 18.2 Å². The highest BCUT2D eigenvalue weighted by Gasteiger charge is 2.41. The molecule has 1 aliphatic heterocycles. The maximum Gasteiger partial charge on any atom is 0.393 e. The van der Waals surface area contributed by atoms with E-state index >= 15 is 0 Å². The minimum atomic E-state index is -4.34. The van der Waals surface area contributed by atoms with Crippen LogP contribution in [0.5, 0.6) is 0 Å². The van der Waals surface area contributed by atoms with Gasteiger partial charge in [-0.15, -0.1) is 0 Å². The number of aryl methyl sites for hydroxylation is 1. The predicted octanol–water partition coefficient (Wildman–Crippen LogP) is 5.33. The molecule has 4 aromatic rings. The summed E-state index contributed by atoms with van der Waals surface area (Å²) in [6.45, 7) is 7.23. The first kappa shape index (κ1) is 36.1. The van der Waals surface area contributed by atoms with Crippen LogP contribution < -0.4 is 16.0 Å². The standard InChI is InChI=1S/C36H40F3N7O4/c1-4-50-30(47)21-42-35(3,34(49)46-17-5-6-18-46)27-15-16-28-31(22(27)2)44-29(43-28)20-41-26-13-11-24(12-14-26)32(40)45-33(48)25-9-7-23(8-10-25)19-36(37,38)39/h7-16,41-42H,4-6,17-21H2,1-3H3,(H,43,44)(H2,40,45,48)/t35-/m1/s1. The van der Waals surface area contributed by atoms with Crippen LogP contribution in [0.4, 0.5) is 18.9 Å². The Morgan fingerprint density at radius 1 is 0.980 bits per heavy atom. The van der Waals surface area contributed by atoms with Crippen LogP contribution in [0.15, 0.2) is 60.7 Å². The summed E-state index contributed by atoms with van der Waals surface area (Å²) in [4.78, 5) is 48.6. The Bertz CT molecular complexity index is 1870. The van der Waals surface area contributed by atoms with Gasteiger partial charge in [-0.25, -0.2) is 4.98 Å². The third kappa shape index (κ3) is 8.48. The molecule has 1 aromatic heterocycles. The topological polar surface area (TPSA) is 152 Å². The minimum Gasteiger partial charge on any atom is -0.465 e. The number of imidazole rings is 1. The van der Waals surface area contributed by atoms with Crippen molar-refractivity contribution in [2.45, 2.75) is 58.3 Å². The number of alkyl halides is 3. The molecule has 5 N–H and O–H groups in total. The maximum atomic E-state index is 13.8. The number of rotatable bonds is 12. The molecule has 1 fully saturated rings. The average Bonchev–Trinajstić information content (AvgIpc) is 3.77. The molecule has 1 aliphatic rings. The van der Waals surface area contributed by atoms with Gasteiger partial charge in [-0.05, 0) is 92.8 Å². The second-order valence-electron chi connectivity index (χ2n) is 12.3. The first-order valence-electron chi connectivity index (χ1n) is 16.4. The van der Waals surface area contributed by atoms with E-state index in [1.165, 1.54) is 24.3 Å². The van der Waals surface area contributed by atoms with Gasteiger partial charge in [0.2, 0.25) is 5.91 Å². The Morgan fingerprint density at radius 2 is 1.64 bits per heavy atom. The molecule has 11 nitrogen and oxygen atoms in total. The number of carbonyl (C=O) groups is 3. The molecule has 14 heteroatoms. The van der Waals surface area contributed by atoms with Gasteiger partial charge in [0.25, 0.3) is 5.91 Å². The van der Waals surface area contributed by atoms with Gasteiger partial charge in [0, 0.05) is 29.9 Å². The normalized spacial score (nSPS) is 14.3. The van der Waals surface area contributed by atoms with Gasteiger partial charge in [0.15, 0.2) is 0 Å². The van der Waals surface area contributed by atoms with Crippen LogP contribution in [0.2, 0.25) is 0 Å². The summed E-state index contributed by atoms with van der Waals surface area (Å²) in [5.41, 5.74) is 3.20. The molecule has 5 rings (SSSR count). The fraction of sp³-hybridized carbons (Fsp3) is 0.361. The fourth-order valence-electron chi connectivity index (χ4n) is 6.08. The van der Waals surface area contributed by atoms with Crippen LogP contribution in [0.1, 0.15) is 65.1 Å². The summed E-state index contributed by atoms with van der Waals surface area (Å²) in [7, 11) is 0. The van der Waals surface area contributed by atoms with Crippen molar-refractivity contribution in [1.29, 1.82) is 5.41 Å². The molecule has 2 heterocycles. The highest BCUT2D eigenvalue weighted by molar-refractivity contribution is 6.11. The van der Waals surface area contributed by atoms with Crippen molar-refractivity contribution in [2.75, 3.05) is 31.6 Å². The highest BCUT2D eigenvalue weighted by atomic mass is 19.4. The summed E-state index contributed by atoms with van der Waals surface area (Å²) in [6, 6.07) is 15.7. The van der Waals surface area contributed by atoms with Gasteiger partial charge in [0.1, 0.15) is 17.2 Å². The summed E-state index contributed by atoms with van der Waals surface area (Å²) < 4.78 is 42.9. The van der Waals surface area contributed by atoms with Crippen LogP contribution in [-0.4, -0.2) is 70.9 Å². The first-order chi connectivity index (χ1) is 23.8. The average molecular weight is 692 g/mol. The number of amidine groups is 1. The molecule has 0 unspecified atom stereocenters. The van der Waals surface area contributed by atoms with E-state index in [0.29, 0.717) is 36.5 Å². The lowest BCUT2D eigenvalue weighted by Gasteiger charge is -2.35. The van der Waals surface area contributed by atoms with Crippen molar-refractivity contribution >= 4 is 40.3 Å². The Balaban J connectivity index is 1.24. The Kier molecular flexibility index (Phi) is 10.9. The van der Waals surface area contributed by atoms with Crippen LogP contribution >= 0.6 is 0 Å². The molecular weight excluding hydrogens is 651 g/mol. The van der Waals surface area contributed by atoms with Crippen molar-refractivity contribution in [1.82, 2.24) is 25.5 Å². The number of hydrogen-bond acceptors (Lipinski definition) is 8. The van der Waals surface area contributed by atoms with E-state index in [4.69, 9.17) is 15.1 Å². The number of ether oxygens (including phenoxy) is 1. The number of likely N-dealkylation sites (tertiary alicyclic amines) is 1. The molecule has 1 atom stereocenters. The molecule has 0 bridgehead atoms. The quantitative estimate of drug-likeness (QED) is 0.0765. The number of aromatic nitrogens is 2. The summed E-state index contributed by atoms with van der Waals surface area (Å²) in [6.07, 6.45) is -3.56. The molecular formula is C36H40F3N7O4. The second-order valence-corrected chi connectivity index (χ2v) is 12.3. The van der Waals surface area contributed by atoms with Crippen molar-refractivity contribution in [3.63, 3.8) is 0 Å². The number of halogens is 3.